The summed E-state index contributed by atoms with van der Waals surface area (Å²) in [5.41, 5.74) is 1.57. The van der Waals surface area contributed by atoms with Gasteiger partial charge in [0.2, 0.25) is 0 Å². The van der Waals surface area contributed by atoms with Gasteiger partial charge in [-0.05, 0) is 33.8 Å². The van der Waals surface area contributed by atoms with Crippen LogP contribution in [-0.2, 0) is 0 Å². The maximum absolute atomic E-state index is 13.8. The average Bonchev–Trinajstić information content (AvgIpc) is 2.68. The highest BCUT2D eigenvalue weighted by atomic mass is 79.9. The topological polar surface area (TPSA) is 20.2 Å². The zero-order valence-electron chi connectivity index (χ0n) is 8.58. The summed E-state index contributed by atoms with van der Waals surface area (Å²) in [6.45, 7) is 1.69. The quantitative estimate of drug-likeness (QED) is 0.887. The predicted molar refractivity (Wildman–Crippen MR) is 67.2 cm³/mol. The van der Waals surface area contributed by atoms with Gasteiger partial charge < -0.3 is 5.11 Å². The molecule has 1 heterocycles. The van der Waals surface area contributed by atoms with E-state index in [1.165, 1.54) is 11.3 Å². The van der Waals surface area contributed by atoms with Crippen molar-refractivity contribution >= 4 is 27.3 Å². The standard InChI is InChI=1S/C12H10BrFOS/c1-7-3-2-4-8(11(7)14)12(15)9-5-16-6-10(9)13/h2-6,12,15H,1H3. The van der Waals surface area contributed by atoms with E-state index in [-0.39, 0.29) is 5.82 Å². The Morgan fingerprint density at radius 2 is 2.06 bits per heavy atom. The molecule has 0 saturated carbocycles. The van der Waals surface area contributed by atoms with Crippen LogP contribution in [0.5, 0.6) is 0 Å². The summed E-state index contributed by atoms with van der Waals surface area (Å²) in [6.07, 6.45) is -0.916. The number of rotatable bonds is 2. The van der Waals surface area contributed by atoms with Gasteiger partial charge in [0.1, 0.15) is 11.9 Å². The van der Waals surface area contributed by atoms with Crippen molar-refractivity contribution in [2.45, 2.75) is 13.0 Å². The molecule has 1 aromatic heterocycles. The van der Waals surface area contributed by atoms with Crippen LogP contribution in [-0.4, -0.2) is 5.11 Å². The molecule has 0 aliphatic rings. The molecule has 0 saturated heterocycles. The number of aryl methyl sites for hydroxylation is 1. The van der Waals surface area contributed by atoms with Gasteiger partial charge in [0.25, 0.3) is 0 Å². The molecule has 0 fully saturated rings. The number of thiophene rings is 1. The Kier molecular flexibility index (Phi) is 3.42. The number of aliphatic hydroxyl groups excluding tert-OH is 1. The Balaban J connectivity index is 2.46. The number of hydrogen-bond donors (Lipinski definition) is 1. The lowest BCUT2D eigenvalue weighted by Crippen LogP contribution is -2.03. The fourth-order valence-electron chi connectivity index (χ4n) is 1.54. The van der Waals surface area contributed by atoms with Crippen LogP contribution in [0.15, 0.2) is 33.4 Å². The summed E-state index contributed by atoms with van der Waals surface area (Å²) in [5, 5.41) is 13.8. The van der Waals surface area contributed by atoms with Crippen molar-refractivity contribution in [3.8, 4) is 0 Å². The maximum atomic E-state index is 13.8. The highest BCUT2D eigenvalue weighted by Crippen LogP contribution is 2.32. The summed E-state index contributed by atoms with van der Waals surface area (Å²) >= 11 is 4.81. The fraction of sp³-hybridized carbons (Fsp3) is 0.167. The first-order valence-corrected chi connectivity index (χ1v) is 6.49. The molecule has 1 aromatic carbocycles. The SMILES string of the molecule is Cc1cccc(C(O)c2cscc2Br)c1F. The predicted octanol–water partition coefficient (Wildman–Crippen LogP) is 4.04. The largest absolute Gasteiger partial charge is 0.383 e. The minimum atomic E-state index is -0.916. The van der Waals surface area contributed by atoms with Gasteiger partial charge in [-0.3, -0.25) is 0 Å². The molecule has 0 spiro atoms. The molecule has 84 valence electrons. The van der Waals surface area contributed by atoms with Crippen LogP contribution in [0.2, 0.25) is 0 Å². The van der Waals surface area contributed by atoms with E-state index < -0.39 is 6.10 Å². The van der Waals surface area contributed by atoms with Crippen LogP contribution in [0.1, 0.15) is 22.8 Å². The monoisotopic (exact) mass is 300 g/mol. The van der Waals surface area contributed by atoms with E-state index >= 15 is 0 Å². The molecular weight excluding hydrogens is 291 g/mol. The van der Waals surface area contributed by atoms with Crippen molar-refractivity contribution in [3.05, 3.63) is 55.9 Å². The van der Waals surface area contributed by atoms with E-state index in [1.54, 1.807) is 25.1 Å². The lowest BCUT2D eigenvalue weighted by Gasteiger charge is -2.12. The van der Waals surface area contributed by atoms with Gasteiger partial charge in [0, 0.05) is 21.0 Å². The Labute approximate surface area is 106 Å². The molecule has 2 aromatic rings. The smallest absolute Gasteiger partial charge is 0.132 e. The summed E-state index contributed by atoms with van der Waals surface area (Å²) in [7, 11) is 0. The Morgan fingerprint density at radius 3 is 2.69 bits per heavy atom. The minimum Gasteiger partial charge on any atom is -0.383 e. The van der Waals surface area contributed by atoms with Crippen molar-refractivity contribution in [1.82, 2.24) is 0 Å². The molecule has 0 aliphatic heterocycles. The normalized spacial score (nSPS) is 12.8. The van der Waals surface area contributed by atoms with Crippen molar-refractivity contribution in [2.75, 3.05) is 0 Å². The third-order valence-corrected chi connectivity index (χ3v) is 4.20. The first-order valence-electron chi connectivity index (χ1n) is 4.76. The summed E-state index contributed by atoms with van der Waals surface area (Å²) in [6, 6.07) is 5.04. The molecule has 1 nitrogen and oxygen atoms in total. The molecule has 1 N–H and O–H groups in total. The molecule has 16 heavy (non-hydrogen) atoms. The molecule has 0 amide bonds. The number of aliphatic hydroxyl groups is 1. The van der Waals surface area contributed by atoms with Crippen LogP contribution in [0.25, 0.3) is 0 Å². The maximum Gasteiger partial charge on any atom is 0.132 e. The van der Waals surface area contributed by atoms with E-state index in [0.29, 0.717) is 16.7 Å². The van der Waals surface area contributed by atoms with Gasteiger partial charge in [0.05, 0.1) is 0 Å². The van der Waals surface area contributed by atoms with Crippen molar-refractivity contribution < 1.29 is 9.50 Å². The van der Waals surface area contributed by atoms with E-state index in [0.717, 1.165) is 4.47 Å². The lowest BCUT2D eigenvalue weighted by atomic mass is 10.0. The fourth-order valence-corrected chi connectivity index (χ4v) is 3.07. The second-order valence-corrected chi connectivity index (χ2v) is 5.15. The van der Waals surface area contributed by atoms with Crippen molar-refractivity contribution in [1.29, 1.82) is 0 Å². The molecule has 0 aliphatic carbocycles. The van der Waals surface area contributed by atoms with E-state index in [2.05, 4.69) is 15.9 Å². The van der Waals surface area contributed by atoms with E-state index in [1.807, 2.05) is 10.8 Å². The van der Waals surface area contributed by atoms with Crippen LogP contribution >= 0.6 is 27.3 Å². The Morgan fingerprint density at radius 1 is 1.31 bits per heavy atom. The zero-order valence-corrected chi connectivity index (χ0v) is 11.0. The highest BCUT2D eigenvalue weighted by Gasteiger charge is 2.18. The molecule has 4 heteroatoms. The zero-order chi connectivity index (χ0) is 11.7. The number of halogens is 2. The Bertz CT molecular complexity index is 509. The second-order valence-electron chi connectivity index (χ2n) is 3.56. The first kappa shape index (κ1) is 11.8. The highest BCUT2D eigenvalue weighted by molar-refractivity contribution is 9.10. The lowest BCUT2D eigenvalue weighted by molar-refractivity contribution is 0.214. The minimum absolute atomic E-state index is 0.319. The molecule has 2 rings (SSSR count). The third kappa shape index (κ3) is 2.05. The van der Waals surface area contributed by atoms with Gasteiger partial charge >= 0.3 is 0 Å². The second kappa shape index (κ2) is 4.65. The van der Waals surface area contributed by atoms with Gasteiger partial charge in [-0.2, -0.15) is 11.3 Å². The molecule has 1 atom stereocenters. The van der Waals surface area contributed by atoms with Crippen molar-refractivity contribution in [3.63, 3.8) is 0 Å². The van der Waals surface area contributed by atoms with Crippen LogP contribution in [0.3, 0.4) is 0 Å². The molecule has 0 bridgehead atoms. The summed E-state index contributed by atoms with van der Waals surface area (Å²) < 4.78 is 14.6. The van der Waals surface area contributed by atoms with Crippen LogP contribution in [0, 0.1) is 12.7 Å². The summed E-state index contributed by atoms with van der Waals surface area (Å²) in [5.74, 6) is -0.340. The molecular formula is C12H10BrFOS. The molecule has 0 radical (unpaired) electrons. The first-order chi connectivity index (χ1) is 7.61. The van der Waals surface area contributed by atoms with Gasteiger partial charge in [-0.15, -0.1) is 0 Å². The molecule has 1 unspecified atom stereocenters. The van der Waals surface area contributed by atoms with Gasteiger partial charge in [-0.1, -0.05) is 18.2 Å². The summed E-state index contributed by atoms with van der Waals surface area (Å²) in [4.78, 5) is 0. The average molecular weight is 301 g/mol. The number of hydrogen-bond acceptors (Lipinski definition) is 2. The van der Waals surface area contributed by atoms with Crippen LogP contribution in [0.4, 0.5) is 4.39 Å². The van der Waals surface area contributed by atoms with Crippen LogP contribution < -0.4 is 0 Å². The van der Waals surface area contributed by atoms with E-state index in [9.17, 15) is 9.50 Å². The van der Waals surface area contributed by atoms with E-state index in [4.69, 9.17) is 0 Å². The number of benzene rings is 1. The van der Waals surface area contributed by atoms with Gasteiger partial charge in [0.15, 0.2) is 0 Å². The van der Waals surface area contributed by atoms with Gasteiger partial charge in [-0.25, -0.2) is 4.39 Å². The Hall–Kier alpha value is -0.710. The van der Waals surface area contributed by atoms with Crippen molar-refractivity contribution in [2.24, 2.45) is 0 Å². The third-order valence-electron chi connectivity index (χ3n) is 2.45.